The third-order valence-electron chi connectivity index (χ3n) is 11.6. The molecule has 0 bridgehead atoms. The van der Waals surface area contributed by atoms with E-state index in [4.69, 9.17) is 30.4 Å². The number of alkyl halides is 2. The maximum atomic E-state index is 15.2. The lowest BCUT2D eigenvalue weighted by atomic mass is 9.97. The number of anilines is 6. The highest BCUT2D eigenvalue weighted by Crippen LogP contribution is 2.41. The lowest BCUT2D eigenvalue weighted by Crippen LogP contribution is -2.43. The Morgan fingerprint density at radius 2 is 1.05 bits per heavy atom. The number of amides is 4. The van der Waals surface area contributed by atoms with Crippen LogP contribution in [0.25, 0.3) is 43.8 Å². The first kappa shape index (κ1) is 43.8. The summed E-state index contributed by atoms with van der Waals surface area (Å²) in [5.41, 5.74) is 16.7. The second-order valence-electron chi connectivity index (χ2n) is 15.9. The fourth-order valence-electron chi connectivity index (χ4n) is 8.07. The molecule has 0 spiro atoms. The first-order valence-corrected chi connectivity index (χ1v) is 20.9. The number of rotatable bonds is 6. The average Bonchev–Trinajstić information content (AvgIpc) is 3.92. The van der Waals surface area contributed by atoms with Crippen molar-refractivity contribution in [3.63, 3.8) is 0 Å². The Morgan fingerprint density at radius 1 is 0.621 bits per heavy atom. The zero-order valence-electron chi connectivity index (χ0n) is 35.5. The van der Waals surface area contributed by atoms with Crippen LogP contribution >= 0.6 is 0 Å². The molecule has 2 saturated heterocycles. The zero-order chi connectivity index (χ0) is 46.2. The normalized spacial score (nSPS) is 19.5. The number of pyridine rings is 4. The van der Waals surface area contributed by atoms with Crippen LogP contribution in [0.5, 0.6) is 11.8 Å². The number of hydrogen-bond donors (Lipinski definition) is 8. The largest absolute Gasteiger partial charge is 0.474 e. The summed E-state index contributed by atoms with van der Waals surface area (Å²) < 4.78 is 78.9. The molecule has 4 aliphatic heterocycles. The van der Waals surface area contributed by atoms with Gasteiger partial charge in [-0.2, -0.15) is 0 Å². The third kappa shape index (κ3) is 8.58. The highest BCUT2D eigenvalue weighted by Gasteiger charge is 2.31. The van der Waals surface area contributed by atoms with Crippen LogP contribution in [0.15, 0.2) is 49.1 Å². The van der Waals surface area contributed by atoms with Crippen LogP contribution in [0.4, 0.5) is 61.5 Å². The Balaban J connectivity index is 0.000000166. The van der Waals surface area contributed by atoms with Crippen molar-refractivity contribution in [1.29, 1.82) is 0 Å². The van der Waals surface area contributed by atoms with Gasteiger partial charge >= 0.3 is 12.1 Å². The maximum absolute atomic E-state index is 15.2. The Kier molecular flexibility index (Phi) is 12.1. The van der Waals surface area contributed by atoms with E-state index in [1.807, 2.05) is 13.8 Å². The van der Waals surface area contributed by atoms with E-state index in [2.05, 4.69) is 51.8 Å². The summed E-state index contributed by atoms with van der Waals surface area (Å²) in [6, 6.07) is 3.75. The molecule has 10 N–H and O–H groups in total. The van der Waals surface area contributed by atoms with Gasteiger partial charge in [-0.05, 0) is 60.0 Å². The first-order chi connectivity index (χ1) is 31.8. The van der Waals surface area contributed by atoms with Crippen LogP contribution in [0, 0.1) is 25.5 Å². The van der Waals surface area contributed by atoms with Crippen molar-refractivity contribution in [2.45, 2.75) is 38.3 Å². The minimum absolute atomic E-state index is 0.0502. The predicted molar refractivity (Wildman–Crippen MR) is 239 cm³/mol. The highest BCUT2D eigenvalue weighted by atomic mass is 19.1. The number of aromatic nitrogens is 4. The molecule has 2 aromatic carbocycles. The van der Waals surface area contributed by atoms with Crippen LogP contribution in [-0.4, -0.2) is 109 Å². The van der Waals surface area contributed by atoms with Gasteiger partial charge in [0, 0.05) is 70.9 Å². The number of nitrogens with one attached hydrogen (secondary N) is 6. The molecule has 344 valence electrons. The zero-order valence-corrected chi connectivity index (χ0v) is 35.5. The number of carbonyl (C=O) groups excluding carboxylic acids is 2. The molecule has 0 saturated carbocycles. The number of fused-ring (bicyclic) bond motifs is 4. The standard InChI is InChI=1S/2C22H22F2N6O3/c2*1-10-13(6-28-21-20(10)26-2-3-33-21)12-4-11-5-17(27-7-14(11)19(25)18(12)24)30-22(31)29-16-9-32-8-15(16)23/h2*4-7,15-16,26H,2-3,8-9,25H2,1H3,(H2,27,29,30,31)/t2*15-,16+/m10/s1. The monoisotopic (exact) mass is 912 g/mol. The lowest BCUT2D eigenvalue weighted by Gasteiger charge is -2.22. The molecular formula is C44H44F4N12O6. The summed E-state index contributed by atoms with van der Waals surface area (Å²) in [6.07, 6.45) is 3.35. The number of hydrogen-bond acceptors (Lipinski definition) is 14. The van der Waals surface area contributed by atoms with Gasteiger partial charge in [-0.1, -0.05) is 0 Å². The van der Waals surface area contributed by atoms with E-state index in [-0.39, 0.29) is 60.6 Å². The molecule has 4 aliphatic rings. The second kappa shape index (κ2) is 18.2. The molecule has 4 aromatic heterocycles. The fourth-order valence-corrected chi connectivity index (χ4v) is 8.07. The van der Waals surface area contributed by atoms with E-state index in [0.717, 1.165) is 11.1 Å². The number of nitrogen functional groups attached to an aromatic ring is 2. The van der Waals surface area contributed by atoms with E-state index in [1.165, 1.54) is 12.4 Å². The molecule has 8 heterocycles. The smallest absolute Gasteiger partial charge is 0.320 e. The van der Waals surface area contributed by atoms with Gasteiger partial charge in [-0.3, -0.25) is 10.6 Å². The number of urea groups is 2. The van der Waals surface area contributed by atoms with Gasteiger partial charge < -0.3 is 51.7 Å². The van der Waals surface area contributed by atoms with Gasteiger partial charge in [0.25, 0.3) is 0 Å². The molecule has 0 aliphatic carbocycles. The number of halogens is 4. The topological polar surface area (TPSA) is 247 Å². The number of ether oxygens (including phenoxy) is 4. The quantitative estimate of drug-likeness (QED) is 0.0708. The van der Waals surface area contributed by atoms with Crippen molar-refractivity contribution in [1.82, 2.24) is 30.6 Å². The van der Waals surface area contributed by atoms with Crippen molar-refractivity contribution >= 4 is 68.0 Å². The van der Waals surface area contributed by atoms with Crippen LogP contribution in [0.1, 0.15) is 11.1 Å². The number of carbonyl (C=O) groups is 2. The van der Waals surface area contributed by atoms with Crippen molar-refractivity contribution in [2.75, 3.05) is 85.5 Å². The molecule has 66 heavy (non-hydrogen) atoms. The average molecular weight is 913 g/mol. The van der Waals surface area contributed by atoms with Crippen LogP contribution < -0.4 is 52.8 Å². The minimum atomic E-state index is -1.26. The molecule has 0 unspecified atom stereocenters. The molecule has 6 aromatic rings. The van der Waals surface area contributed by atoms with Crippen LogP contribution in [-0.2, 0) is 9.47 Å². The molecule has 0 radical (unpaired) electrons. The molecule has 2 fully saturated rings. The highest BCUT2D eigenvalue weighted by molar-refractivity contribution is 6.01. The van der Waals surface area contributed by atoms with Crippen molar-refractivity contribution in [3.05, 3.63) is 71.8 Å². The fraction of sp³-hybridized carbons (Fsp3) is 0.318. The number of benzene rings is 2. The minimum Gasteiger partial charge on any atom is -0.474 e. The van der Waals surface area contributed by atoms with E-state index >= 15 is 8.78 Å². The number of nitrogens with zero attached hydrogens (tertiary/aromatic N) is 4. The molecule has 10 rings (SSSR count). The van der Waals surface area contributed by atoms with E-state index < -0.39 is 48.1 Å². The second-order valence-corrected chi connectivity index (χ2v) is 15.9. The maximum Gasteiger partial charge on any atom is 0.320 e. The van der Waals surface area contributed by atoms with Gasteiger partial charge in [0.05, 0.1) is 49.9 Å². The van der Waals surface area contributed by atoms with Crippen LogP contribution in [0.2, 0.25) is 0 Å². The van der Waals surface area contributed by atoms with Gasteiger partial charge in [-0.25, -0.2) is 47.1 Å². The summed E-state index contributed by atoms with van der Waals surface area (Å²) in [5.74, 6) is 0.200. The molecule has 18 nitrogen and oxygen atoms in total. The number of nitrogens with two attached hydrogens (primary N) is 2. The van der Waals surface area contributed by atoms with E-state index in [1.54, 1.807) is 36.7 Å². The SMILES string of the molecule is Cc1c(-c2cc3cc(NC(=O)N[C@@H]4COC[C@@H]4F)ncc3c(N)c2F)cnc2c1NCCO2.Cc1c(-c2cc3cc(NC(=O)N[C@H]4COC[C@H]4F)ncc3c(N)c2F)cnc2c1NCCO2. The molecule has 22 heteroatoms. The Labute approximate surface area is 373 Å². The van der Waals surface area contributed by atoms with E-state index in [9.17, 15) is 18.4 Å². The van der Waals surface area contributed by atoms with Gasteiger partial charge in [0.2, 0.25) is 11.8 Å². The molecule has 4 atom stereocenters. The molecule has 4 amide bonds. The van der Waals surface area contributed by atoms with E-state index in [0.29, 0.717) is 82.1 Å². The Hall–Kier alpha value is -7.46. The Morgan fingerprint density at radius 3 is 1.44 bits per heavy atom. The summed E-state index contributed by atoms with van der Waals surface area (Å²) >= 11 is 0. The van der Waals surface area contributed by atoms with Gasteiger partial charge in [0.1, 0.15) is 48.6 Å². The first-order valence-electron chi connectivity index (χ1n) is 20.9. The van der Waals surface area contributed by atoms with Crippen LogP contribution in [0.3, 0.4) is 0 Å². The van der Waals surface area contributed by atoms with Crippen molar-refractivity contribution < 1.29 is 46.1 Å². The van der Waals surface area contributed by atoms with Crippen molar-refractivity contribution in [2.24, 2.45) is 0 Å². The summed E-state index contributed by atoms with van der Waals surface area (Å²) in [7, 11) is 0. The van der Waals surface area contributed by atoms with Gasteiger partial charge in [-0.15, -0.1) is 0 Å². The summed E-state index contributed by atoms with van der Waals surface area (Å²) in [6.45, 7) is 6.08. The predicted octanol–water partition coefficient (Wildman–Crippen LogP) is 5.98. The summed E-state index contributed by atoms with van der Waals surface area (Å²) in [5, 5.41) is 18.6. The lowest BCUT2D eigenvalue weighted by molar-refractivity contribution is 0.172. The van der Waals surface area contributed by atoms with Crippen molar-refractivity contribution in [3.8, 4) is 34.0 Å². The van der Waals surface area contributed by atoms with Gasteiger partial charge in [0.15, 0.2) is 11.6 Å². The third-order valence-corrected chi connectivity index (χ3v) is 11.6. The Bertz CT molecular complexity index is 2700. The molecular weight excluding hydrogens is 869 g/mol. The summed E-state index contributed by atoms with van der Waals surface area (Å²) in [4.78, 5) is 41.4.